The maximum atomic E-state index is 9.76. The fourth-order valence-corrected chi connectivity index (χ4v) is 2.63. The van der Waals surface area contributed by atoms with E-state index in [1.165, 1.54) is 0 Å². The quantitative estimate of drug-likeness (QED) is 0.885. The summed E-state index contributed by atoms with van der Waals surface area (Å²) in [5.74, 6) is 1.64. The highest BCUT2D eigenvalue weighted by molar-refractivity contribution is 6.28. The molecule has 1 fully saturated rings. The summed E-state index contributed by atoms with van der Waals surface area (Å²) in [7, 11) is 3.69. The molecule has 2 rings (SSSR count). The van der Waals surface area contributed by atoms with Crippen molar-refractivity contribution in [2.45, 2.75) is 38.1 Å². The van der Waals surface area contributed by atoms with E-state index >= 15 is 0 Å². The molecule has 1 heterocycles. The van der Waals surface area contributed by atoms with E-state index in [2.05, 4.69) is 27.2 Å². The lowest BCUT2D eigenvalue weighted by molar-refractivity contribution is 0.154. The predicted octanol–water partition coefficient (Wildman–Crippen LogP) is 1.94. The Bertz CT molecular complexity index is 460. The molecule has 0 amide bonds. The van der Waals surface area contributed by atoms with Crippen LogP contribution in [-0.2, 0) is 0 Å². The zero-order chi connectivity index (χ0) is 14.8. The summed E-state index contributed by atoms with van der Waals surface area (Å²) in [6.45, 7) is 2.31. The number of hydrogen-bond acceptors (Lipinski definition) is 6. The normalized spacial score (nSPS) is 26.4. The predicted molar refractivity (Wildman–Crippen MR) is 80.2 cm³/mol. The molecular formula is C13H22ClN5O. The highest BCUT2D eigenvalue weighted by atomic mass is 35.5. The third-order valence-electron chi connectivity index (χ3n) is 3.91. The van der Waals surface area contributed by atoms with Crippen LogP contribution in [0.15, 0.2) is 0 Å². The van der Waals surface area contributed by atoms with Crippen LogP contribution in [0.25, 0.3) is 0 Å². The van der Waals surface area contributed by atoms with E-state index in [1.807, 2.05) is 14.1 Å². The highest BCUT2D eigenvalue weighted by Crippen LogP contribution is 2.33. The van der Waals surface area contributed by atoms with Gasteiger partial charge in [0.15, 0.2) is 0 Å². The lowest BCUT2D eigenvalue weighted by Gasteiger charge is -2.38. The van der Waals surface area contributed by atoms with E-state index < -0.39 is 0 Å². The molecule has 0 bridgehead atoms. The van der Waals surface area contributed by atoms with Crippen molar-refractivity contribution in [3.8, 4) is 0 Å². The number of aromatic nitrogens is 3. The Morgan fingerprint density at radius 1 is 1.30 bits per heavy atom. The van der Waals surface area contributed by atoms with Crippen LogP contribution in [0.5, 0.6) is 0 Å². The number of aliphatic hydroxyl groups is 1. The number of anilines is 2. The fourth-order valence-electron chi connectivity index (χ4n) is 2.47. The number of rotatable bonds is 4. The van der Waals surface area contributed by atoms with Gasteiger partial charge in [0.25, 0.3) is 0 Å². The fraction of sp³-hybridized carbons (Fsp3) is 0.769. The third-order valence-corrected chi connectivity index (χ3v) is 4.08. The summed E-state index contributed by atoms with van der Waals surface area (Å²) >= 11 is 5.93. The lowest BCUT2D eigenvalue weighted by Crippen LogP contribution is -2.45. The first-order valence-electron chi connectivity index (χ1n) is 6.92. The van der Waals surface area contributed by atoms with E-state index in [1.54, 1.807) is 4.90 Å². The van der Waals surface area contributed by atoms with Gasteiger partial charge < -0.3 is 15.3 Å². The SMILES string of the molecule is CC1CCC(CO)(Nc2nc(Cl)nc(N(C)C)n2)CC1. The van der Waals surface area contributed by atoms with Gasteiger partial charge in [-0.05, 0) is 43.2 Å². The molecule has 6 nitrogen and oxygen atoms in total. The van der Waals surface area contributed by atoms with Crippen LogP contribution in [0, 0.1) is 5.92 Å². The molecule has 1 aliphatic carbocycles. The Morgan fingerprint density at radius 3 is 2.50 bits per heavy atom. The molecular weight excluding hydrogens is 278 g/mol. The molecule has 20 heavy (non-hydrogen) atoms. The molecule has 0 aliphatic heterocycles. The van der Waals surface area contributed by atoms with Crippen molar-refractivity contribution >= 4 is 23.5 Å². The standard InChI is InChI=1S/C13H22ClN5O/c1-9-4-6-13(8-20,7-5-9)18-11-15-10(14)16-12(17-11)19(2)3/h9,20H,4-8H2,1-3H3,(H,15,16,17,18). The number of halogens is 1. The minimum Gasteiger partial charge on any atom is -0.394 e. The molecule has 0 atom stereocenters. The van der Waals surface area contributed by atoms with Gasteiger partial charge in [0.05, 0.1) is 12.1 Å². The minimum absolute atomic E-state index is 0.0698. The zero-order valence-electron chi connectivity index (χ0n) is 12.2. The molecule has 2 N–H and O–H groups in total. The summed E-state index contributed by atoms with van der Waals surface area (Å²) in [6, 6.07) is 0. The van der Waals surface area contributed by atoms with Crippen molar-refractivity contribution in [2.24, 2.45) is 5.92 Å². The van der Waals surface area contributed by atoms with Crippen LogP contribution in [0.1, 0.15) is 32.6 Å². The maximum absolute atomic E-state index is 9.76. The average Bonchev–Trinajstić information content (AvgIpc) is 2.41. The topological polar surface area (TPSA) is 74.2 Å². The zero-order valence-corrected chi connectivity index (χ0v) is 13.0. The average molecular weight is 300 g/mol. The second kappa shape index (κ2) is 6.10. The molecule has 0 aromatic carbocycles. The molecule has 1 aromatic heterocycles. The smallest absolute Gasteiger partial charge is 0.230 e. The first-order chi connectivity index (χ1) is 9.44. The molecule has 1 saturated carbocycles. The van der Waals surface area contributed by atoms with Crippen molar-refractivity contribution < 1.29 is 5.11 Å². The van der Waals surface area contributed by atoms with Crippen molar-refractivity contribution in [3.05, 3.63) is 5.28 Å². The van der Waals surface area contributed by atoms with Crippen LogP contribution < -0.4 is 10.2 Å². The maximum Gasteiger partial charge on any atom is 0.230 e. The Hall–Kier alpha value is -1.14. The summed E-state index contributed by atoms with van der Waals surface area (Å²) in [5, 5.41) is 13.2. The number of nitrogens with zero attached hydrogens (tertiary/aromatic N) is 4. The van der Waals surface area contributed by atoms with Gasteiger partial charge in [-0.2, -0.15) is 15.0 Å². The van der Waals surface area contributed by atoms with Crippen molar-refractivity contribution in [3.63, 3.8) is 0 Å². The van der Waals surface area contributed by atoms with Crippen molar-refractivity contribution in [2.75, 3.05) is 30.9 Å². The van der Waals surface area contributed by atoms with Crippen molar-refractivity contribution in [1.82, 2.24) is 15.0 Å². The summed E-state index contributed by atoms with van der Waals surface area (Å²) in [4.78, 5) is 14.3. The van der Waals surface area contributed by atoms with E-state index in [0.29, 0.717) is 17.8 Å². The van der Waals surface area contributed by atoms with E-state index in [9.17, 15) is 5.11 Å². The first-order valence-corrected chi connectivity index (χ1v) is 7.30. The molecule has 1 aliphatic rings. The van der Waals surface area contributed by atoms with Crippen LogP contribution >= 0.6 is 11.6 Å². The number of aliphatic hydroxyl groups excluding tert-OH is 1. The summed E-state index contributed by atoms with van der Waals surface area (Å²) in [5.41, 5.74) is -0.346. The second-order valence-corrected chi connectivity index (χ2v) is 6.21. The van der Waals surface area contributed by atoms with Crippen molar-refractivity contribution in [1.29, 1.82) is 0 Å². The van der Waals surface area contributed by atoms with Gasteiger partial charge in [-0.15, -0.1) is 0 Å². The summed E-state index contributed by atoms with van der Waals surface area (Å²) in [6.07, 6.45) is 4.00. The van der Waals surface area contributed by atoms with Gasteiger partial charge >= 0.3 is 0 Å². The van der Waals surface area contributed by atoms with E-state index in [-0.39, 0.29) is 17.4 Å². The van der Waals surface area contributed by atoms with Gasteiger partial charge in [-0.3, -0.25) is 0 Å². The Labute approximate surface area is 124 Å². The molecule has 1 aromatic rings. The summed E-state index contributed by atoms with van der Waals surface area (Å²) < 4.78 is 0. The lowest BCUT2D eigenvalue weighted by atomic mass is 9.77. The van der Waals surface area contributed by atoms with E-state index in [0.717, 1.165) is 25.7 Å². The molecule has 7 heteroatoms. The largest absolute Gasteiger partial charge is 0.394 e. The van der Waals surface area contributed by atoms with Crippen LogP contribution in [0.2, 0.25) is 5.28 Å². The Balaban J connectivity index is 2.19. The first kappa shape index (κ1) is 15.3. The molecule has 0 unspecified atom stereocenters. The minimum atomic E-state index is -0.346. The van der Waals surface area contributed by atoms with Crippen LogP contribution in [0.4, 0.5) is 11.9 Å². The van der Waals surface area contributed by atoms with Gasteiger partial charge in [0.1, 0.15) is 0 Å². The van der Waals surface area contributed by atoms with Crippen LogP contribution in [0.3, 0.4) is 0 Å². The number of hydrogen-bond donors (Lipinski definition) is 2. The van der Waals surface area contributed by atoms with Gasteiger partial charge in [0, 0.05) is 14.1 Å². The molecule has 112 valence electrons. The third kappa shape index (κ3) is 3.49. The van der Waals surface area contributed by atoms with Gasteiger partial charge in [-0.1, -0.05) is 6.92 Å². The number of nitrogens with one attached hydrogen (secondary N) is 1. The van der Waals surface area contributed by atoms with Crippen LogP contribution in [-0.4, -0.2) is 46.3 Å². The Morgan fingerprint density at radius 2 is 1.95 bits per heavy atom. The molecule has 0 spiro atoms. The second-order valence-electron chi connectivity index (χ2n) is 5.87. The van der Waals surface area contributed by atoms with E-state index in [4.69, 9.17) is 11.6 Å². The van der Waals surface area contributed by atoms with Gasteiger partial charge in [-0.25, -0.2) is 0 Å². The molecule has 0 radical (unpaired) electrons. The highest BCUT2D eigenvalue weighted by Gasteiger charge is 2.34. The monoisotopic (exact) mass is 299 g/mol. The molecule has 0 saturated heterocycles. The Kier molecular flexibility index (Phi) is 4.65. The van der Waals surface area contributed by atoms with Gasteiger partial charge in [0.2, 0.25) is 17.2 Å².